The third kappa shape index (κ3) is 5.75. The summed E-state index contributed by atoms with van der Waals surface area (Å²) in [5, 5.41) is 11.3. The van der Waals surface area contributed by atoms with E-state index in [4.69, 9.17) is 4.74 Å². The van der Waals surface area contributed by atoms with E-state index in [2.05, 4.69) is 21.6 Å². The third-order valence-corrected chi connectivity index (χ3v) is 5.21. The van der Waals surface area contributed by atoms with E-state index >= 15 is 0 Å². The van der Waals surface area contributed by atoms with Crippen LogP contribution in [0.2, 0.25) is 0 Å². The van der Waals surface area contributed by atoms with Gasteiger partial charge >= 0.3 is 0 Å². The molecule has 3 aromatic rings. The molecule has 158 valence electrons. The lowest BCUT2D eigenvalue weighted by Gasteiger charge is -2.13. The van der Waals surface area contributed by atoms with Crippen molar-refractivity contribution in [3.8, 4) is 22.9 Å². The maximum Gasteiger partial charge on any atom is 0.251 e. The number of hydrogen-bond donors (Lipinski definition) is 1. The second-order valence-electron chi connectivity index (χ2n) is 7.51. The van der Waals surface area contributed by atoms with Gasteiger partial charge in [-0.2, -0.15) is 0 Å². The number of nitrogens with one attached hydrogen (secondary N) is 1. The molecule has 5 nitrogen and oxygen atoms in total. The molecule has 1 N–H and O–H groups in total. The van der Waals surface area contributed by atoms with E-state index in [9.17, 15) is 9.18 Å². The number of ether oxygens (including phenoxy) is 1. The summed E-state index contributed by atoms with van der Waals surface area (Å²) in [4.78, 5) is 12.5. The highest BCUT2D eigenvalue weighted by Gasteiger charge is 2.10. The van der Waals surface area contributed by atoms with Gasteiger partial charge in [-0.1, -0.05) is 23.8 Å². The van der Waals surface area contributed by atoms with Crippen molar-refractivity contribution in [2.45, 2.75) is 32.1 Å². The molecule has 1 heterocycles. The summed E-state index contributed by atoms with van der Waals surface area (Å²) in [6, 6.07) is 16.5. The van der Waals surface area contributed by atoms with Crippen LogP contribution in [0.5, 0.6) is 11.6 Å². The van der Waals surface area contributed by atoms with E-state index in [-0.39, 0.29) is 11.7 Å². The molecule has 1 aromatic heterocycles. The summed E-state index contributed by atoms with van der Waals surface area (Å²) < 4.78 is 18.6. The first-order valence-electron chi connectivity index (χ1n) is 10.5. The molecule has 0 saturated carbocycles. The Hall–Kier alpha value is -3.54. The fraction of sp³-hybridized carbons (Fsp3) is 0.240. The maximum atomic E-state index is 13.0. The normalized spacial score (nSPS) is 13.4. The van der Waals surface area contributed by atoms with E-state index in [1.807, 2.05) is 12.1 Å². The van der Waals surface area contributed by atoms with Gasteiger partial charge in [0.05, 0.1) is 5.69 Å². The van der Waals surface area contributed by atoms with Crippen molar-refractivity contribution < 1.29 is 13.9 Å². The number of hydrogen-bond acceptors (Lipinski definition) is 4. The molecule has 1 aliphatic carbocycles. The number of rotatable bonds is 7. The molecule has 0 aliphatic heterocycles. The van der Waals surface area contributed by atoms with E-state index < -0.39 is 0 Å². The van der Waals surface area contributed by atoms with Gasteiger partial charge in [-0.15, -0.1) is 10.2 Å². The lowest BCUT2D eigenvalue weighted by molar-refractivity contribution is 0.0954. The lowest BCUT2D eigenvalue weighted by atomic mass is 9.97. The molecular formula is C25H24FN3O2. The summed E-state index contributed by atoms with van der Waals surface area (Å²) in [7, 11) is 0. The van der Waals surface area contributed by atoms with E-state index in [1.54, 1.807) is 24.3 Å². The average molecular weight is 417 g/mol. The Morgan fingerprint density at radius 3 is 2.65 bits per heavy atom. The van der Waals surface area contributed by atoms with Crippen LogP contribution in [0.25, 0.3) is 11.3 Å². The van der Waals surface area contributed by atoms with Crippen LogP contribution < -0.4 is 10.1 Å². The van der Waals surface area contributed by atoms with Crippen LogP contribution in [0.3, 0.4) is 0 Å². The zero-order valence-electron chi connectivity index (χ0n) is 17.2. The average Bonchev–Trinajstić information content (AvgIpc) is 2.82. The number of benzene rings is 2. The number of carbonyl (C=O) groups excluding carboxylic acids is 1. The van der Waals surface area contributed by atoms with Gasteiger partial charge < -0.3 is 10.1 Å². The molecule has 31 heavy (non-hydrogen) atoms. The first kappa shape index (κ1) is 20.7. The van der Waals surface area contributed by atoms with Gasteiger partial charge in [0.1, 0.15) is 11.6 Å². The highest BCUT2D eigenvalue weighted by atomic mass is 19.1. The molecule has 0 fully saturated rings. The summed E-state index contributed by atoms with van der Waals surface area (Å²) >= 11 is 0. The van der Waals surface area contributed by atoms with E-state index in [0.717, 1.165) is 24.8 Å². The van der Waals surface area contributed by atoms with Crippen molar-refractivity contribution in [1.82, 2.24) is 15.5 Å². The highest BCUT2D eigenvalue weighted by molar-refractivity contribution is 5.95. The van der Waals surface area contributed by atoms with Gasteiger partial charge in [0, 0.05) is 23.7 Å². The minimum absolute atomic E-state index is 0.0949. The number of aromatic nitrogens is 2. The molecule has 6 heteroatoms. The molecule has 1 amide bonds. The number of halogens is 1. The molecule has 0 bridgehead atoms. The van der Waals surface area contributed by atoms with Gasteiger partial charge in [-0.3, -0.25) is 4.79 Å². The molecule has 0 atom stereocenters. The molecule has 0 unspecified atom stereocenters. The van der Waals surface area contributed by atoms with Crippen molar-refractivity contribution in [1.29, 1.82) is 0 Å². The molecular weight excluding hydrogens is 393 g/mol. The van der Waals surface area contributed by atoms with Crippen LogP contribution in [-0.2, 0) is 0 Å². The Bertz CT molecular complexity index is 1060. The van der Waals surface area contributed by atoms with Crippen LogP contribution >= 0.6 is 0 Å². The highest BCUT2D eigenvalue weighted by Crippen LogP contribution is 2.23. The molecule has 0 radical (unpaired) electrons. The van der Waals surface area contributed by atoms with Gasteiger partial charge in [0.15, 0.2) is 0 Å². The number of nitrogens with zero attached hydrogens (tertiary/aromatic N) is 2. The monoisotopic (exact) mass is 417 g/mol. The Labute approximate surface area is 181 Å². The summed E-state index contributed by atoms with van der Waals surface area (Å²) in [6.07, 6.45) is 8.03. The van der Waals surface area contributed by atoms with Crippen molar-refractivity contribution >= 4 is 5.91 Å². The van der Waals surface area contributed by atoms with E-state index in [1.165, 1.54) is 42.7 Å². The number of allylic oxidation sites excluding steroid dienone is 1. The predicted molar refractivity (Wildman–Crippen MR) is 117 cm³/mol. The fourth-order valence-electron chi connectivity index (χ4n) is 3.54. The zero-order chi connectivity index (χ0) is 21.5. The van der Waals surface area contributed by atoms with Crippen molar-refractivity contribution in [3.63, 3.8) is 0 Å². The quantitative estimate of drug-likeness (QED) is 0.501. The minimum atomic E-state index is -0.330. The van der Waals surface area contributed by atoms with Crippen molar-refractivity contribution in [2.24, 2.45) is 0 Å². The van der Waals surface area contributed by atoms with Crippen LogP contribution in [0, 0.1) is 5.82 Å². The zero-order valence-corrected chi connectivity index (χ0v) is 17.2. The Morgan fingerprint density at radius 1 is 1.03 bits per heavy atom. The summed E-state index contributed by atoms with van der Waals surface area (Å²) in [5.74, 6) is 0.360. The Kier molecular flexibility index (Phi) is 6.67. The Balaban J connectivity index is 1.37. The maximum absolute atomic E-state index is 13.0. The lowest BCUT2D eigenvalue weighted by Crippen LogP contribution is -2.24. The van der Waals surface area contributed by atoms with Gasteiger partial charge in [0.2, 0.25) is 5.88 Å². The van der Waals surface area contributed by atoms with Crippen molar-refractivity contribution in [3.05, 3.63) is 83.7 Å². The Morgan fingerprint density at radius 2 is 1.90 bits per heavy atom. The van der Waals surface area contributed by atoms with Crippen LogP contribution in [-0.4, -0.2) is 22.6 Å². The topological polar surface area (TPSA) is 64.1 Å². The van der Waals surface area contributed by atoms with Crippen LogP contribution in [0.1, 0.15) is 42.5 Å². The number of amides is 1. The largest absolute Gasteiger partial charge is 0.438 e. The standard InChI is InChI=1S/C25H24FN3O2/c26-21-9-11-22(12-10-21)31-24-14-13-23(28-29-24)19-7-4-8-20(17-19)25(30)27-16-15-18-5-2-1-3-6-18/h4-5,7-14,17H,1-3,6,15-16H2,(H,27,30). The van der Waals surface area contributed by atoms with Crippen molar-refractivity contribution in [2.75, 3.05) is 6.54 Å². The first-order valence-corrected chi connectivity index (χ1v) is 10.5. The molecule has 0 saturated heterocycles. The van der Waals surface area contributed by atoms with Gasteiger partial charge in [-0.05, 0) is 74.6 Å². The SMILES string of the molecule is O=C(NCCC1=CCCCC1)c1cccc(-c2ccc(Oc3ccc(F)cc3)nn2)c1. The van der Waals surface area contributed by atoms with Crippen LogP contribution in [0.15, 0.2) is 72.3 Å². The molecule has 1 aliphatic rings. The molecule has 2 aromatic carbocycles. The molecule has 0 spiro atoms. The summed E-state index contributed by atoms with van der Waals surface area (Å²) in [5.41, 5.74) is 3.46. The minimum Gasteiger partial charge on any atom is -0.438 e. The predicted octanol–water partition coefficient (Wildman–Crippen LogP) is 5.70. The van der Waals surface area contributed by atoms with Gasteiger partial charge in [0.25, 0.3) is 5.91 Å². The second-order valence-corrected chi connectivity index (χ2v) is 7.51. The fourth-order valence-corrected chi connectivity index (χ4v) is 3.54. The van der Waals surface area contributed by atoms with Crippen LogP contribution in [0.4, 0.5) is 4.39 Å². The second kappa shape index (κ2) is 9.98. The number of carbonyl (C=O) groups is 1. The smallest absolute Gasteiger partial charge is 0.251 e. The summed E-state index contributed by atoms with van der Waals surface area (Å²) in [6.45, 7) is 0.643. The third-order valence-electron chi connectivity index (χ3n) is 5.21. The van der Waals surface area contributed by atoms with E-state index in [0.29, 0.717) is 29.4 Å². The first-order chi connectivity index (χ1) is 15.2. The molecule has 4 rings (SSSR count). The van der Waals surface area contributed by atoms with Gasteiger partial charge in [-0.25, -0.2) is 4.39 Å².